The van der Waals surface area contributed by atoms with E-state index in [1.54, 1.807) is 19.5 Å². The van der Waals surface area contributed by atoms with Gasteiger partial charge in [-0.1, -0.05) is 0 Å². The van der Waals surface area contributed by atoms with Crippen molar-refractivity contribution >= 4 is 12.2 Å². The van der Waals surface area contributed by atoms with Crippen LogP contribution in [0.3, 0.4) is 0 Å². The summed E-state index contributed by atoms with van der Waals surface area (Å²) >= 11 is 5.38. The monoisotopic (exact) mass is 276 g/mol. The fourth-order valence-corrected chi connectivity index (χ4v) is 3.06. The van der Waals surface area contributed by atoms with E-state index in [9.17, 15) is 0 Å². The molecule has 19 heavy (non-hydrogen) atoms. The molecule has 0 spiro atoms. The smallest absolute Gasteiger partial charge is 0.195 e. The van der Waals surface area contributed by atoms with Crippen LogP contribution in [0.25, 0.3) is 11.4 Å². The molecule has 0 aromatic carbocycles. The fraction of sp³-hybridized carbons (Fsp3) is 0.462. The van der Waals surface area contributed by atoms with Crippen LogP contribution in [0.2, 0.25) is 0 Å². The lowest BCUT2D eigenvalue weighted by atomic mass is 10.2. The summed E-state index contributed by atoms with van der Waals surface area (Å²) in [6, 6.07) is 4.15. The molecule has 0 bridgehead atoms. The Balaban J connectivity index is 2.07. The maximum absolute atomic E-state index is 5.57. The Morgan fingerprint density at radius 3 is 2.89 bits per heavy atom. The minimum absolute atomic E-state index is 0.213. The van der Waals surface area contributed by atoms with Crippen molar-refractivity contribution in [3.05, 3.63) is 29.3 Å². The van der Waals surface area contributed by atoms with Crippen molar-refractivity contribution in [2.24, 2.45) is 0 Å². The number of nitrogens with one attached hydrogen (secondary N) is 1. The number of nitrogens with zero attached hydrogens (tertiary/aromatic N) is 3. The highest BCUT2D eigenvalue weighted by Gasteiger charge is 2.31. The average molecular weight is 276 g/mol. The first kappa shape index (κ1) is 12.5. The zero-order chi connectivity index (χ0) is 13.2. The minimum Gasteiger partial charge on any atom is -0.379 e. The second-order valence-corrected chi connectivity index (χ2v) is 5.12. The van der Waals surface area contributed by atoms with Gasteiger partial charge < -0.3 is 4.74 Å². The molecule has 5 nitrogen and oxygen atoms in total. The van der Waals surface area contributed by atoms with Gasteiger partial charge in [0.1, 0.15) is 0 Å². The van der Waals surface area contributed by atoms with E-state index in [2.05, 4.69) is 19.7 Å². The summed E-state index contributed by atoms with van der Waals surface area (Å²) in [4.78, 5) is 4.04. The van der Waals surface area contributed by atoms with Gasteiger partial charge in [-0.15, -0.1) is 0 Å². The summed E-state index contributed by atoms with van der Waals surface area (Å²) in [6.45, 7) is 0. The second kappa shape index (κ2) is 5.22. The van der Waals surface area contributed by atoms with Gasteiger partial charge in [0.15, 0.2) is 10.6 Å². The molecular weight excluding hydrogens is 260 g/mol. The lowest BCUT2D eigenvalue weighted by Gasteiger charge is -2.21. The lowest BCUT2D eigenvalue weighted by molar-refractivity contribution is 0.0749. The molecule has 1 aliphatic carbocycles. The van der Waals surface area contributed by atoms with Gasteiger partial charge in [-0.2, -0.15) is 5.10 Å². The zero-order valence-electron chi connectivity index (χ0n) is 10.7. The molecule has 2 heterocycles. The maximum atomic E-state index is 5.57. The third-order valence-corrected chi connectivity index (χ3v) is 3.98. The number of ether oxygens (including phenoxy) is 1. The molecule has 3 rings (SSSR count). The van der Waals surface area contributed by atoms with Crippen molar-refractivity contribution in [3.8, 4) is 11.4 Å². The van der Waals surface area contributed by atoms with Gasteiger partial charge in [0, 0.05) is 25.1 Å². The van der Waals surface area contributed by atoms with Gasteiger partial charge in [-0.25, -0.2) is 0 Å². The Morgan fingerprint density at radius 2 is 2.16 bits per heavy atom. The molecule has 2 atom stereocenters. The number of hydrogen-bond acceptors (Lipinski definition) is 4. The van der Waals surface area contributed by atoms with Crippen molar-refractivity contribution < 1.29 is 4.74 Å². The highest BCUT2D eigenvalue weighted by atomic mass is 32.1. The molecule has 1 saturated carbocycles. The first-order valence-corrected chi connectivity index (χ1v) is 6.82. The molecule has 0 saturated heterocycles. The van der Waals surface area contributed by atoms with E-state index in [-0.39, 0.29) is 12.1 Å². The first-order valence-electron chi connectivity index (χ1n) is 6.41. The highest BCUT2D eigenvalue weighted by Crippen LogP contribution is 2.35. The van der Waals surface area contributed by atoms with Crippen molar-refractivity contribution in [2.75, 3.05) is 7.11 Å². The SMILES string of the molecule is COC1CCCC1n1c(-c2ccncc2)n[nH]c1=S. The molecule has 1 fully saturated rings. The summed E-state index contributed by atoms with van der Waals surface area (Å²) in [7, 11) is 1.76. The van der Waals surface area contributed by atoms with Gasteiger partial charge in [-0.05, 0) is 43.6 Å². The van der Waals surface area contributed by atoms with Crippen molar-refractivity contribution in [1.29, 1.82) is 0 Å². The van der Waals surface area contributed by atoms with Gasteiger partial charge in [0.05, 0.1) is 12.1 Å². The van der Waals surface area contributed by atoms with E-state index in [0.29, 0.717) is 4.77 Å². The molecule has 100 valence electrons. The van der Waals surface area contributed by atoms with Crippen molar-refractivity contribution in [1.82, 2.24) is 19.7 Å². The van der Waals surface area contributed by atoms with Crippen LogP contribution in [0, 0.1) is 4.77 Å². The number of pyridine rings is 1. The summed E-state index contributed by atoms with van der Waals surface area (Å²) in [5.41, 5.74) is 1.02. The molecule has 6 heteroatoms. The Labute approximate surface area is 116 Å². The van der Waals surface area contributed by atoms with E-state index in [1.165, 1.54) is 0 Å². The Morgan fingerprint density at radius 1 is 1.37 bits per heavy atom. The van der Waals surface area contributed by atoms with E-state index in [4.69, 9.17) is 17.0 Å². The molecule has 0 aliphatic heterocycles. The molecule has 2 unspecified atom stereocenters. The highest BCUT2D eigenvalue weighted by molar-refractivity contribution is 7.71. The van der Waals surface area contributed by atoms with Crippen LogP contribution in [0.1, 0.15) is 25.3 Å². The van der Waals surface area contributed by atoms with Crippen LogP contribution < -0.4 is 0 Å². The minimum atomic E-state index is 0.213. The summed E-state index contributed by atoms with van der Waals surface area (Å²) in [6.07, 6.45) is 7.05. The molecule has 2 aromatic heterocycles. The quantitative estimate of drug-likeness (QED) is 0.876. The fourth-order valence-electron chi connectivity index (χ4n) is 2.79. The van der Waals surface area contributed by atoms with Gasteiger partial charge in [0.25, 0.3) is 0 Å². The van der Waals surface area contributed by atoms with Crippen molar-refractivity contribution in [2.45, 2.75) is 31.4 Å². The van der Waals surface area contributed by atoms with Gasteiger partial charge >= 0.3 is 0 Å². The number of rotatable bonds is 3. The Hall–Kier alpha value is -1.53. The number of H-pyrrole nitrogens is 1. The van der Waals surface area contributed by atoms with Crippen LogP contribution in [-0.4, -0.2) is 33.0 Å². The summed E-state index contributed by atoms with van der Waals surface area (Å²) in [5.74, 6) is 0.862. The molecular formula is C13H16N4OS. The van der Waals surface area contributed by atoms with E-state index in [0.717, 1.165) is 30.7 Å². The Bertz CT molecular complexity index is 607. The number of methoxy groups -OCH3 is 1. The Kier molecular flexibility index (Phi) is 3.44. The van der Waals surface area contributed by atoms with Crippen LogP contribution in [0.5, 0.6) is 0 Å². The van der Waals surface area contributed by atoms with Crippen LogP contribution >= 0.6 is 12.2 Å². The van der Waals surface area contributed by atoms with Crippen LogP contribution in [-0.2, 0) is 4.74 Å². The predicted octanol–water partition coefficient (Wildman–Crippen LogP) is 2.74. The van der Waals surface area contributed by atoms with Crippen LogP contribution in [0.15, 0.2) is 24.5 Å². The predicted molar refractivity (Wildman–Crippen MR) is 74.3 cm³/mol. The third-order valence-electron chi connectivity index (χ3n) is 3.70. The zero-order valence-corrected chi connectivity index (χ0v) is 11.6. The van der Waals surface area contributed by atoms with E-state index in [1.807, 2.05) is 12.1 Å². The van der Waals surface area contributed by atoms with E-state index >= 15 is 0 Å². The summed E-state index contributed by atoms with van der Waals surface area (Å²) < 4.78 is 8.31. The normalized spacial score (nSPS) is 22.8. The second-order valence-electron chi connectivity index (χ2n) is 4.73. The third kappa shape index (κ3) is 2.21. The number of aromatic nitrogens is 4. The van der Waals surface area contributed by atoms with E-state index < -0.39 is 0 Å². The lowest BCUT2D eigenvalue weighted by Crippen LogP contribution is -2.21. The van der Waals surface area contributed by atoms with Gasteiger partial charge in [-0.3, -0.25) is 14.6 Å². The molecule has 0 amide bonds. The van der Waals surface area contributed by atoms with Crippen LogP contribution in [0.4, 0.5) is 0 Å². The first-order chi connectivity index (χ1) is 9.31. The van der Waals surface area contributed by atoms with Crippen molar-refractivity contribution in [3.63, 3.8) is 0 Å². The average Bonchev–Trinajstić information content (AvgIpc) is 3.05. The molecule has 0 radical (unpaired) electrons. The molecule has 1 aliphatic rings. The topological polar surface area (TPSA) is 55.7 Å². The summed E-state index contributed by atoms with van der Waals surface area (Å²) in [5, 5.41) is 7.26. The number of aromatic amines is 1. The standard InChI is InChI=1S/C13H16N4OS/c1-18-11-4-2-3-10(11)17-12(15-16-13(17)19)9-5-7-14-8-6-9/h5-8,10-11H,2-4H2,1H3,(H,16,19). The number of hydrogen-bond donors (Lipinski definition) is 1. The maximum Gasteiger partial charge on any atom is 0.195 e. The van der Waals surface area contributed by atoms with Gasteiger partial charge in [0.2, 0.25) is 0 Å². The molecule has 2 aromatic rings. The largest absolute Gasteiger partial charge is 0.379 e. The molecule has 1 N–H and O–H groups in total.